The minimum absolute atomic E-state index is 0.101. The Morgan fingerprint density at radius 1 is 1.10 bits per heavy atom. The molecule has 0 aliphatic carbocycles. The third-order valence-corrected chi connectivity index (χ3v) is 6.09. The molecule has 0 saturated heterocycles. The predicted molar refractivity (Wildman–Crippen MR) is 120 cm³/mol. The fourth-order valence-corrected chi connectivity index (χ4v) is 4.08. The molecule has 0 bridgehead atoms. The minimum Gasteiger partial charge on any atom is -0.387 e. The number of aliphatic hydroxyl groups is 1. The molecule has 4 N–H and O–H groups in total. The van der Waals surface area contributed by atoms with Gasteiger partial charge < -0.3 is 16.2 Å². The number of fused-ring (bicyclic) bond motifs is 1. The quantitative estimate of drug-likeness (QED) is 0.379. The van der Waals surface area contributed by atoms with Crippen LogP contribution in [0.2, 0.25) is 0 Å². The number of rotatable bonds is 7. The second-order valence-electron chi connectivity index (χ2n) is 7.47. The second-order valence-corrected chi connectivity index (χ2v) is 8.50. The number of thiazole rings is 1. The van der Waals surface area contributed by atoms with Crippen LogP contribution >= 0.6 is 11.3 Å². The second kappa shape index (κ2) is 8.66. The highest BCUT2D eigenvalue weighted by Gasteiger charge is 2.25. The molecule has 4 aromatic rings. The topological polar surface area (TPSA) is 84.1 Å². The van der Waals surface area contributed by atoms with Crippen molar-refractivity contribution >= 4 is 27.2 Å². The van der Waals surface area contributed by atoms with E-state index >= 15 is 0 Å². The third-order valence-electron chi connectivity index (χ3n) is 5.08. The number of benzene rings is 2. The summed E-state index contributed by atoms with van der Waals surface area (Å²) in [5.74, 6) is -2.92. The number of hydrogen-bond acceptors (Lipinski definition) is 6. The fraction of sp³-hybridized carbons (Fsp3) is 0.217. The van der Waals surface area contributed by atoms with E-state index in [0.717, 1.165) is 28.1 Å². The van der Waals surface area contributed by atoms with E-state index in [1.54, 1.807) is 12.4 Å². The number of nitrogens with zero attached hydrogens (tertiary/aromatic N) is 2. The zero-order valence-corrected chi connectivity index (χ0v) is 17.6. The molecule has 2 aromatic heterocycles. The Balaban J connectivity index is 1.39. The maximum absolute atomic E-state index is 13.4. The molecule has 0 spiro atoms. The smallest absolute Gasteiger partial charge is 0.270 e. The van der Waals surface area contributed by atoms with Crippen LogP contribution in [0.3, 0.4) is 0 Å². The van der Waals surface area contributed by atoms with Crippen molar-refractivity contribution in [2.24, 2.45) is 5.73 Å². The zero-order chi connectivity index (χ0) is 22.0. The SMILES string of the molecule is CC(F)(F)c1ccc(C(O)C(N)CNc2ncc(-c3ccc4cnccc4c3)s2)cc1. The van der Waals surface area contributed by atoms with Crippen LogP contribution in [0.15, 0.2) is 67.1 Å². The molecule has 0 fully saturated rings. The van der Waals surface area contributed by atoms with E-state index in [2.05, 4.69) is 21.4 Å². The van der Waals surface area contributed by atoms with Gasteiger partial charge in [0.25, 0.3) is 5.92 Å². The van der Waals surface area contributed by atoms with E-state index in [-0.39, 0.29) is 12.1 Å². The van der Waals surface area contributed by atoms with Crippen molar-refractivity contribution in [3.63, 3.8) is 0 Å². The minimum atomic E-state index is -2.92. The van der Waals surface area contributed by atoms with E-state index in [1.807, 2.05) is 24.4 Å². The summed E-state index contributed by atoms with van der Waals surface area (Å²) >= 11 is 1.49. The van der Waals surface area contributed by atoms with Gasteiger partial charge in [0.2, 0.25) is 0 Å². The molecule has 2 heterocycles. The van der Waals surface area contributed by atoms with E-state index < -0.39 is 18.1 Å². The van der Waals surface area contributed by atoms with Crippen molar-refractivity contribution in [1.82, 2.24) is 9.97 Å². The summed E-state index contributed by atoms with van der Waals surface area (Å²) in [7, 11) is 0. The third kappa shape index (κ3) is 4.87. The molecular weight excluding hydrogens is 418 g/mol. The predicted octanol–water partition coefficient (Wildman–Crippen LogP) is 4.94. The van der Waals surface area contributed by atoms with Gasteiger partial charge in [0.1, 0.15) is 0 Å². The van der Waals surface area contributed by atoms with Crippen molar-refractivity contribution in [3.8, 4) is 10.4 Å². The van der Waals surface area contributed by atoms with Gasteiger partial charge in [-0.2, -0.15) is 0 Å². The number of pyridine rings is 1. The van der Waals surface area contributed by atoms with Gasteiger partial charge >= 0.3 is 0 Å². The van der Waals surface area contributed by atoms with E-state index in [0.29, 0.717) is 10.7 Å². The average Bonchev–Trinajstić information content (AvgIpc) is 3.25. The number of nitrogens with two attached hydrogens (primary N) is 1. The molecule has 2 atom stereocenters. The molecule has 0 radical (unpaired) electrons. The van der Waals surface area contributed by atoms with Crippen molar-refractivity contribution in [2.75, 3.05) is 11.9 Å². The van der Waals surface area contributed by atoms with Crippen LogP contribution in [0.25, 0.3) is 21.2 Å². The Bertz CT molecular complexity index is 1170. The summed E-state index contributed by atoms with van der Waals surface area (Å²) in [5.41, 5.74) is 7.56. The molecule has 160 valence electrons. The van der Waals surface area contributed by atoms with Crippen molar-refractivity contribution < 1.29 is 13.9 Å². The summed E-state index contributed by atoms with van der Waals surface area (Å²) in [5, 5.41) is 16.5. The lowest BCUT2D eigenvalue weighted by atomic mass is 10.00. The standard InChI is InChI=1S/C23H22F2N4OS/c1-23(24,25)18-6-4-14(5-7-18)21(30)19(26)12-28-22-29-13-20(31-22)16-2-3-17-11-27-9-8-15(17)10-16/h2-11,13,19,21,30H,12,26H2,1H3,(H,28,29). The molecule has 0 saturated carbocycles. The molecule has 2 aromatic carbocycles. The Hall–Kier alpha value is -2.94. The maximum atomic E-state index is 13.4. The zero-order valence-electron chi connectivity index (χ0n) is 16.8. The van der Waals surface area contributed by atoms with Crippen LogP contribution < -0.4 is 11.1 Å². The first-order chi connectivity index (χ1) is 14.8. The van der Waals surface area contributed by atoms with Gasteiger partial charge in [-0.3, -0.25) is 4.98 Å². The summed E-state index contributed by atoms with van der Waals surface area (Å²) < 4.78 is 26.7. The molecule has 0 amide bonds. The van der Waals surface area contributed by atoms with Gasteiger partial charge in [-0.1, -0.05) is 47.7 Å². The molecule has 0 aliphatic heterocycles. The monoisotopic (exact) mass is 440 g/mol. The molecule has 0 aliphatic rings. The van der Waals surface area contributed by atoms with Gasteiger partial charge in [0, 0.05) is 43.0 Å². The molecule has 31 heavy (non-hydrogen) atoms. The van der Waals surface area contributed by atoms with E-state index in [1.165, 1.54) is 35.6 Å². The summed E-state index contributed by atoms with van der Waals surface area (Å²) in [6.45, 7) is 1.12. The van der Waals surface area contributed by atoms with Gasteiger partial charge in [0.15, 0.2) is 5.13 Å². The normalized spacial score (nSPS) is 13.8. The largest absolute Gasteiger partial charge is 0.387 e. The number of alkyl halides is 2. The highest BCUT2D eigenvalue weighted by atomic mass is 32.1. The van der Waals surface area contributed by atoms with Crippen LogP contribution in [0, 0.1) is 0 Å². The summed E-state index contributed by atoms with van der Waals surface area (Å²) in [6.07, 6.45) is 4.40. The Kier molecular flexibility index (Phi) is 5.95. The number of anilines is 1. The average molecular weight is 441 g/mol. The molecule has 8 heteroatoms. The lowest BCUT2D eigenvalue weighted by molar-refractivity contribution is 0.0174. The number of aromatic nitrogens is 2. The lowest BCUT2D eigenvalue weighted by Gasteiger charge is -2.20. The van der Waals surface area contributed by atoms with Gasteiger partial charge in [0.05, 0.1) is 17.0 Å². The first kappa shape index (κ1) is 21.3. The highest BCUT2D eigenvalue weighted by Crippen LogP contribution is 2.31. The van der Waals surface area contributed by atoms with E-state index in [4.69, 9.17) is 5.73 Å². The number of nitrogens with one attached hydrogen (secondary N) is 1. The number of aliphatic hydroxyl groups excluding tert-OH is 1. The lowest BCUT2D eigenvalue weighted by Crippen LogP contribution is -2.35. The van der Waals surface area contributed by atoms with Crippen molar-refractivity contribution in [3.05, 3.63) is 78.2 Å². The van der Waals surface area contributed by atoms with Gasteiger partial charge in [-0.15, -0.1) is 0 Å². The van der Waals surface area contributed by atoms with Crippen LogP contribution in [0.1, 0.15) is 24.2 Å². The fourth-order valence-electron chi connectivity index (χ4n) is 3.26. The maximum Gasteiger partial charge on any atom is 0.270 e. The highest BCUT2D eigenvalue weighted by molar-refractivity contribution is 7.18. The Labute approximate surface area is 182 Å². The van der Waals surface area contributed by atoms with Crippen LogP contribution in [0.5, 0.6) is 0 Å². The first-order valence-electron chi connectivity index (χ1n) is 9.77. The Morgan fingerprint density at radius 3 is 2.61 bits per heavy atom. The summed E-state index contributed by atoms with van der Waals surface area (Å²) in [4.78, 5) is 9.52. The van der Waals surface area contributed by atoms with Crippen LogP contribution in [-0.4, -0.2) is 27.7 Å². The van der Waals surface area contributed by atoms with Crippen molar-refractivity contribution in [2.45, 2.75) is 25.0 Å². The summed E-state index contributed by atoms with van der Waals surface area (Å²) in [6, 6.07) is 13.1. The molecular formula is C23H22F2N4OS. The number of hydrogen-bond donors (Lipinski definition) is 3. The molecule has 4 rings (SSSR count). The first-order valence-corrected chi connectivity index (χ1v) is 10.6. The molecule has 5 nitrogen and oxygen atoms in total. The van der Waals surface area contributed by atoms with Crippen LogP contribution in [-0.2, 0) is 5.92 Å². The molecule has 2 unspecified atom stereocenters. The van der Waals surface area contributed by atoms with Gasteiger partial charge in [-0.05, 0) is 28.6 Å². The Morgan fingerprint density at radius 2 is 1.87 bits per heavy atom. The van der Waals surface area contributed by atoms with Crippen LogP contribution in [0.4, 0.5) is 13.9 Å². The number of halogens is 2. The van der Waals surface area contributed by atoms with E-state index in [9.17, 15) is 13.9 Å². The van der Waals surface area contributed by atoms with Gasteiger partial charge in [-0.25, -0.2) is 13.8 Å². The van der Waals surface area contributed by atoms with Crippen molar-refractivity contribution in [1.29, 1.82) is 0 Å².